The molecular weight excluding hydrogens is 232 g/mol. The van der Waals surface area contributed by atoms with E-state index in [2.05, 4.69) is 13.8 Å². The molecule has 0 unspecified atom stereocenters. The van der Waals surface area contributed by atoms with Crippen LogP contribution < -0.4 is 0 Å². The largest absolute Gasteiger partial charge is 0.462 e. The SMILES string of the molecule is CC(=O)O[C@@H]1CC(C)(C)C[C@@H](OC(C)=O)C1(C)C. The Balaban J connectivity index is 2.96. The molecule has 2 atom stereocenters. The second-order valence-electron chi connectivity index (χ2n) is 6.59. The average molecular weight is 256 g/mol. The van der Waals surface area contributed by atoms with Crippen LogP contribution in [0.1, 0.15) is 54.4 Å². The Morgan fingerprint density at radius 1 is 0.889 bits per heavy atom. The van der Waals surface area contributed by atoms with Gasteiger partial charge in [-0.1, -0.05) is 27.7 Å². The molecule has 1 rings (SSSR count). The van der Waals surface area contributed by atoms with Crippen LogP contribution in [0, 0.1) is 10.8 Å². The van der Waals surface area contributed by atoms with E-state index in [0.29, 0.717) is 0 Å². The van der Waals surface area contributed by atoms with Gasteiger partial charge in [0.2, 0.25) is 0 Å². The minimum Gasteiger partial charge on any atom is -0.462 e. The maximum atomic E-state index is 11.2. The first kappa shape index (κ1) is 15.0. The molecule has 0 N–H and O–H groups in total. The molecule has 0 spiro atoms. The van der Waals surface area contributed by atoms with Crippen LogP contribution in [0.15, 0.2) is 0 Å². The second kappa shape index (κ2) is 4.90. The lowest BCUT2D eigenvalue weighted by atomic mass is 9.63. The van der Waals surface area contributed by atoms with Gasteiger partial charge < -0.3 is 9.47 Å². The Hall–Kier alpha value is -1.06. The van der Waals surface area contributed by atoms with Gasteiger partial charge in [0.15, 0.2) is 0 Å². The number of esters is 2. The van der Waals surface area contributed by atoms with E-state index < -0.39 is 0 Å². The van der Waals surface area contributed by atoms with Gasteiger partial charge in [-0.3, -0.25) is 9.59 Å². The van der Waals surface area contributed by atoms with Gasteiger partial charge in [-0.05, 0) is 18.3 Å². The van der Waals surface area contributed by atoms with Crippen LogP contribution in [0.2, 0.25) is 0 Å². The van der Waals surface area contributed by atoms with E-state index in [1.807, 2.05) is 13.8 Å². The molecule has 0 aliphatic heterocycles. The fourth-order valence-electron chi connectivity index (χ4n) is 2.61. The number of rotatable bonds is 2. The third-order valence-corrected chi connectivity index (χ3v) is 3.75. The van der Waals surface area contributed by atoms with Crippen LogP contribution in [0.4, 0.5) is 0 Å². The summed E-state index contributed by atoms with van der Waals surface area (Å²) in [5, 5.41) is 0. The van der Waals surface area contributed by atoms with Crippen molar-refractivity contribution < 1.29 is 19.1 Å². The van der Waals surface area contributed by atoms with Gasteiger partial charge in [-0.2, -0.15) is 0 Å². The Kier molecular flexibility index (Phi) is 4.08. The van der Waals surface area contributed by atoms with Crippen molar-refractivity contribution in [3.05, 3.63) is 0 Å². The van der Waals surface area contributed by atoms with E-state index >= 15 is 0 Å². The maximum absolute atomic E-state index is 11.2. The standard InChI is InChI=1S/C14H24O4/c1-9(15)17-11-7-13(3,4)8-12(14(11,5)6)18-10(2)16/h11-12H,7-8H2,1-6H3/t11-,12-/m1/s1. The van der Waals surface area contributed by atoms with E-state index in [1.54, 1.807) is 0 Å². The Morgan fingerprint density at radius 2 is 1.22 bits per heavy atom. The predicted octanol–water partition coefficient (Wildman–Crippen LogP) is 2.70. The number of ether oxygens (including phenoxy) is 2. The van der Waals surface area contributed by atoms with Crippen molar-refractivity contribution in [2.75, 3.05) is 0 Å². The lowest BCUT2D eigenvalue weighted by Gasteiger charge is -2.49. The summed E-state index contributed by atoms with van der Waals surface area (Å²) in [5.41, 5.74) is -0.359. The molecule has 0 aromatic rings. The second-order valence-corrected chi connectivity index (χ2v) is 6.59. The number of hydrogen-bond acceptors (Lipinski definition) is 4. The first-order valence-corrected chi connectivity index (χ1v) is 6.39. The van der Waals surface area contributed by atoms with Gasteiger partial charge in [0.25, 0.3) is 0 Å². The first-order valence-electron chi connectivity index (χ1n) is 6.39. The Labute approximate surface area is 109 Å². The van der Waals surface area contributed by atoms with Crippen molar-refractivity contribution in [1.29, 1.82) is 0 Å². The fourth-order valence-corrected chi connectivity index (χ4v) is 2.61. The molecule has 1 aliphatic carbocycles. The van der Waals surface area contributed by atoms with Crippen LogP contribution in [-0.4, -0.2) is 24.1 Å². The predicted molar refractivity (Wildman–Crippen MR) is 67.9 cm³/mol. The zero-order chi connectivity index (χ0) is 14.1. The minimum atomic E-state index is -0.354. The van der Waals surface area contributed by atoms with Crippen LogP contribution in [0.3, 0.4) is 0 Å². The van der Waals surface area contributed by atoms with Gasteiger partial charge >= 0.3 is 11.9 Å². The quantitative estimate of drug-likeness (QED) is 0.713. The van der Waals surface area contributed by atoms with Crippen molar-refractivity contribution in [2.24, 2.45) is 10.8 Å². The molecule has 0 saturated heterocycles. The molecule has 4 nitrogen and oxygen atoms in total. The normalized spacial score (nSPS) is 29.4. The molecule has 4 heteroatoms. The van der Waals surface area contributed by atoms with E-state index in [4.69, 9.17) is 9.47 Å². The molecule has 1 aliphatic rings. The number of carbonyl (C=O) groups is 2. The van der Waals surface area contributed by atoms with Crippen molar-refractivity contribution in [2.45, 2.75) is 66.6 Å². The van der Waals surface area contributed by atoms with Gasteiger partial charge in [0.05, 0.1) is 0 Å². The van der Waals surface area contributed by atoms with Crippen molar-refractivity contribution in [1.82, 2.24) is 0 Å². The molecule has 0 amide bonds. The zero-order valence-electron chi connectivity index (χ0n) is 12.2. The highest BCUT2D eigenvalue weighted by molar-refractivity contribution is 5.67. The van der Waals surface area contributed by atoms with Crippen molar-refractivity contribution in [3.8, 4) is 0 Å². The summed E-state index contributed by atoms with van der Waals surface area (Å²) in [6.45, 7) is 11.0. The van der Waals surface area contributed by atoms with Crippen LogP contribution in [0.5, 0.6) is 0 Å². The zero-order valence-corrected chi connectivity index (χ0v) is 12.2. The fraction of sp³-hybridized carbons (Fsp3) is 0.857. The first-order chi connectivity index (χ1) is 8.04. The van der Waals surface area contributed by atoms with E-state index in [-0.39, 0.29) is 35.0 Å². The third kappa shape index (κ3) is 3.47. The summed E-state index contributed by atoms with van der Waals surface area (Å²) < 4.78 is 10.8. The maximum Gasteiger partial charge on any atom is 0.302 e. The molecule has 0 heterocycles. The number of hydrogen-bond donors (Lipinski definition) is 0. The molecule has 104 valence electrons. The Morgan fingerprint density at radius 3 is 1.50 bits per heavy atom. The summed E-state index contributed by atoms with van der Waals surface area (Å²) in [6, 6.07) is 0. The Bertz CT molecular complexity index is 314. The molecule has 0 bridgehead atoms. The van der Waals surface area contributed by atoms with E-state index in [1.165, 1.54) is 13.8 Å². The highest BCUT2D eigenvalue weighted by atomic mass is 16.6. The summed E-state index contributed by atoms with van der Waals surface area (Å²) >= 11 is 0. The van der Waals surface area contributed by atoms with E-state index in [0.717, 1.165) is 12.8 Å². The summed E-state index contributed by atoms with van der Waals surface area (Å²) in [4.78, 5) is 22.4. The summed E-state index contributed by atoms with van der Waals surface area (Å²) in [5.74, 6) is -0.570. The minimum absolute atomic E-state index is 0.00421. The van der Waals surface area contributed by atoms with E-state index in [9.17, 15) is 9.59 Å². The monoisotopic (exact) mass is 256 g/mol. The molecule has 0 aromatic carbocycles. The van der Waals surface area contributed by atoms with Gasteiger partial charge in [0, 0.05) is 19.3 Å². The summed E-state index contributed by atoms with van der Waals surface area (Å²) in [6.07, 6.45) is 1.14. The molecule has 0 radical (unpaired) electrons. The van der Waals surface area contributed by atoms with Crippen LogP contribution in [-0.2, 0) is 19.1 Å². The smallest absolute Gasteiger partial charge is 0.302 e. The summed E-state index contributed by atoms with van der Waals surface area (Å²) in [7, 11) is 0. The van der Waals surface area contributed by atoms with Crippen molar-refractivity contribution >= 4 is 11.9 Å². The van der Waals surface area contributed by atoms with Gasteiger partial charge in [0.1, 0.15) is 12.2 Å². The average Bonchev–Trinajstić information content (AvgIpc) is 2.11. The highest BCUT2D eigenvalue weighted by Crippen LogP contribution is 2.47. The lowest BCUT2D eigenvalue weighted by molar-refractivity contribution is -0.185. The number of carbonyl (C=O) groups excluding carboxylic acids is 2. The lowest BCUT2D eigenvalue weighted by Crippen LogP contribution is -2.52. The van der Waals surface area contributed by atoms with Crippen molar-refractivity contribution in [3.63, 3.8) is 0 Å². The van der Waals surface area contributed by atoms with Gasteiger partial charge in [-0.25, -0.2) is 0 Å². The molecule has 1 fully saturated rings. The topological polar surface area (TPSA) is 52.6 Å². The molecule has 0 aromatic heterocycles. The highest BCUT2D eigenvalue weighted by Gasteiger charge is 2.50. The molecule has 18 heavy (non-hydrogen) atoms. The van der Waals surface area contributed by atoms with Crippen LogP contribution in [0.25, 0.3) is 0 Å². The molecular formula is C14H24O4. The third-order valence-electron chi connectivity index (χ3n) is 3.75. The van der Waals surface area contributed by atoms with Gasteiger partial charge in [-0.15, -0.1) is 0 Å². The molecule has 1 saturated carbocycles. The van der Waals surface area contributed by atoms with Crippen LogP contribution >= 0.6 is 0 Å².